The van der Waals surface area contributed by atoms with Crippen molar-refractivity contribution in [3.63, 3.8) is 0 Å². The summed E-state index contributed by atoms with van der Waals surface area (Å²) in [5.74, 6) is -0.183. The highest BCUT2D eigenvalue weighted by atomic mass is 32.1. The molecule has 7 nitrogen and oxygen atoms in total. The van der Waals surface area contributed by atoms with Gasteiger partial charge in [0.25, 0.3) is 5.91 Å². The SMILES string of the molecule is Cc1ccc2c(c1)cc(C(=O)Nc1nnc(CCn3nc(C)cc3C)s1)n2C. The van der Waals surface area contributed by atoms with Gasteiger partial charge in [-0.15, -0.1) is 10.2 Å². The number of hydrogen-bond acceptors (Lipinski definition) is 5. The molecule has 4 aromatic rings. The van der Waals surface area contributed by atoms with E-state index in [0.29, 0.717) is 10.8 Å². The Hall–Kier alpha value is -3.00. The molecular weight excluding hydrogens is 372 g/mol. The normalized spacial score (nSPS) is 11.3. The van der Waals surface area contributed by atoms with E-state index in [4.69, 9.17) is 0 Å². The highest BCUT2D eigenvalue weighted by Crippen LogP contribution is 2.22. The number of aromatic nitrogens is 5. The first-order valence-corrected chi connectivity index (χ1v) is 9.93. The predicted molar refractivity (Wildman–Crippen MR) is 111 cm³/mol. The van der Waals surface area contributed by atoms with Crippen molar-refractivity contribution < 1.29 is 4.79 Å². The van der Waals surface area contributed by atoms with Crippen LogP contribution in [-0.2, 0) is 20.0 Å². The minimum absolute atomic E-state index is 0.183. The monoisotopic (exact) mass is 394 g/mol. The number of hydrogen-bond donors (Lipinski definition) is 1. The average molecular weight is 395 g/mol. The zero-order chi connectivity index (χ0) is 19.8. The maximum absolute atomic E-state index is 12.7. The number of benzene rings is 1. The van der Waals surface area contributed by atoms with Crippen molar-refractivity contribution in [3.8, 4) is 0 Å². The Balaban J connectivity index is 1.45. The van der Waals surface area contributed by atoms with E-state index in [9.17, 15) is 4.79 Å². The number of fused-ring (bicyclic) bond motifs is 1. The summed E-state index contributed by atoms with van der Waals surface area (Å²) in [6, 6.07) is 10.1. The molecule has 0 spiro atoms. The van der Waals surface area contributed by atoms with Gasteiger partial charge in [-0.25, -0.2) is 0 Å². The van der Waals surface area contributed by atoms with Crippen molar-refractivity contribution in [3.05, 3.63) is 58.0 Å². The Kier molecular flexibility index (Phi) is 4.72. The number of carbonyl (C=O) groups excluding carboxylic acids is 1. The molecular formula is C20H22N6OS. The van der Waals surface area contributed by atoms with E-state index >= 15 is 0 Å². The van der Waals surface area contributed by atoms with Gasteiger partial charge in [0.05, 0.1) is 5.69 Å². The molecule has 0 saturated carbocycles. The summed E-state index contributed by atoms with van der Waals surface area (Å²) < 4.78 is 3.86. The second kappa shape index (κ2) is 7.20. The standard InChI is InChI=1S/C20H22N6OS/c1-12-5-6-16-15(9-12)11-17(25(16)4)19(27)21-20-23-22-18(28-20)7-8-26-14(3)10-13(2)24-26/h5-6,9-11H,7-8H2,1-4H3,(H,21,23,27). The van der Waals surface area contributed by atoms with E-state index in [-0.39, 0.29) is 5.91 Å². The minimum atomic E-state index is -0.183. The van der Waals surface area contributed by atoms with Crippen molar-refractivity contribution >= 4 is 33.3 Å². The molecule has 0 aliphatic heterocycles. The molecule has 0 atom stereocenters. The summed E-state index contributed by atoms with van der Waals surface area (Å²) in [4.78, 5) is 12.7. The Morgan fingerprint density at radius 1 is 1.14 bits per heavy atom. The van der Waals surface area contributed by atoms with Gasteiger partial charge in [0.1, 0.15) is 10.7 Å². The fourth-order valence-corrected chi connectivity index (χ4v) is 4.08. The third-order valence-electron chi connectivity index (χ3n) is 4.76. The molecule has 0 saturated heterocycles. The molecule has 3 heterocycles. The van der Waals surface area contributed by atoms with Gasteiger partial charge in [-0.05, 0) is 45.0 Å². The van der Waals surface area contributed by atoms with Gasteiger partial charge >= 0.3 is 0 Å². The topological polar surface area (TPSA) is 77.6 Å². The number of anilines is 1. The van der Waals surface area contributed by atoms with Crippen LogP contribution in [0.15, 0.2) is 30.3 Å². The summed E-state index contributed by atoms with van der Waals surface area (Å²) >= 11 is 1.40. The van der Waals surface area contributed by atoms with Gasteiger partial charge in [-0.3, -0.25) is 14.8 Å². The lowest BCUT2D eigenvalue weighted by atomic mass is 10.2. The second-order valence-corrected chi connectivity index (χ2v) is 8.07. The molecule has 0 bridgehead atoms. The summed E-state index contributed by atoms with van der Waals surface area (Å²) in [5.41, 5.74) is 4.93. The van der Waals surface area contributed by atoms with Gasteiger partial charge in [0.15, 0.2) is 0 Å². The molecule has 0 aliphatic rings. The van der Waals surface area contributed by atoms with E-state index in [1.54, 1.807) is 0 Å². The van der Waals surface area contributed by atoms with Crippen LogP contribution in [-0.4, -0.2) is 30.5 Å². The number of rotatable bonds is 5. The third-order valence-corrected chi connectivity index (χ3v) is 5.66. The Morgan fingerprint density at radius 3 is 2.71 bits per heavy atom. The summed E-state index contributed by atoms with van der Waals surface area (Å²) in [6.45, 7) is 6.80. The average Bonchev–Trinajstić information content (AvgIpc) is 3.31. The van der Waals surface area contributed by atoms with Crippen LogP contribution in [0.4, 0.5) is 5.13 Å². The third kappa shape index (κ3) is 3.55. The largest absolute Gasteiger partial charge is 0.340 e. The van der Waals surface area contributed by atoms with E-state index in [0.717, 1.165) is 40.3 Å². The first-order chi connectivity index (χ1) is 13.4. The van der Waals surface area contributed by atoms with Crippen molar-refractivity contribution in [2.24, 2.45) is 7.05 Å². The molecule has 0 radical (unpaired) electrons. The number of amides is 1. The Labute approximate surface area is 167 Å². The van der Waals surface area contributed by atoms with Crippen LogP contribution in [0.1, 0.15) is 32.4 Å². The molecule has 28 heavy (non-hydrogen) atoms. The lowest BCUT2D eigenvalue weighted by Crippen LogP contribution is -2.15. The first kappa shape index (κ1) is 18.4. The van der Waals surface area contributed by atoms with Gasteiger partial charge in [-0.2, -0.15) is 5.10 Å². The molecule has 0 unspecified atom stereocenters. The van der Waals surface area contributed by atoms with Gasteiger partial charge in [-0.1, -0.05) is 23.0 Å². The van der Waals surface area contributed by atoms with E-state index in [2.05, 4.69) is 32.7 Å². The maximum Gasteiger partial charge on any atom is 0.274 e. The molecule has 1 amide bonds. The molecule has 0 fully saturated rings. The number of aryl methyl sites for hydroxylation is 6. The predicted octanol–water partition coefficient (Wildman–Crippen LogP) is 3.65. The Bertz CT molecular complexity index is 1170. The van der Waals surface area contributed by atoms with Crippen molar-refractivity contribution in [1.82, 2.24) is 24.5 Å². The van der Waals surface area contributed by atoms with Crippen LogP contribution < -0.4 is 5.32 Å². The highest BCUT2D eigenvalue weighted by Gasteiger charge is 2.16. The fourth-order valence-electron chi connectivity index (χ4n) is 3.36. The van der Waals surface area contributed by atoms with E-state index in [1.165, 1.54) is 16.9 Å². The number of nitrogens with one attached hydrogen (secondary N) is 1. The molecule has 1 aromatic carbocycles. The van der Waals surface area contributed by atoms with Gasteiger partial charge in [0.2, 0.25) is 5.13 Å². The second-order valence-electron chi connectivity index (χ2n) is 7.01. The van der Waals surface area contributed by atoms with Crippen LogP contribution in [0.2, 0.25) is 0 Å². The van der Waals surface area contributed by atoms with E-state index < -0.39 is 0 Å². The van der Waals surface area contributed by atoms with Crippen LogP contribution >= 0.6 is 11.3 Å². The minimum Gasteiger partial charge on any atom is -0.340 e. The smallest absolute Gasteiger partial charge is 0.274 e. The van der Waals surface area contributed by atoms with E-state index in [1.807, 2.05) is 55.3 Å². The zero-order valence-electron chi connectivity index (χ0n) is 16.4. The van der Waals surface area contributed by atoms with Crippen molar-refractivity contribution in [2.75, 3.05) is 5.32 Å². The molecule has 3 aromatic heterocycles. The summed E-state index contributed by atoms with van der Waals surface area (Å²) in [7, 11) is 1.90. The van der Waals surface area contributed by atoms with Crippen LogP contribution in [0.3, 0.4) is 0 Å². The van der Waals surface area contributed by atoms with Crippen LogP contribution in [0, 0.1) is 20.8 Å². The van der Waals surface area contributed by atoms with Gasteiger partial charge < -0.3 is 4.57 Å². The lowest BCUT2D eigenvalue weighted by Gasteiger charge is -2.03. The highest BCUT2D eigenvalue weighted by molar-refractivity contribution is 7.15. The fraction of sp³-hybridized carbons (Fsp3) is 0.300. The Morgan fingerprint density at radius 2 is 1.96 bits per heavy atom. The van der Waals surface area contributed by atoms with Gasteiger partial charge in [0, 0.05) is 36.6 Å². The molecule has 4 rings (SSSR count). The zero-order valence-corrected chi connectivity index (χ0v) is 17.2. The number of nitrogens with zero attached hydrogens (tertiary/aromatic N) is 5. The lowest BCUT2D eigenvalue weighted by molar-refractivity contribution is 0.101. The molecule has 0 aliphatic carbocycles. The summed E-state index contributed by atoms with van der Waals surface area (Å²) in [5, 5.41) is 18.1. The number of carbonyl (C=O) groups is 1. The van der Waals surface area contributed by atoms with Crippen LogP contribution in [0.5, 0.6) is 0 Å². The van der Waals surface area contributed by atoms with Crippen molar-refractivity contribution in [1.29, 1.82) is 0 Å². The maximum atomic E-state index is 12.7. The van der Waals surface area contributed by atoms with Crippen LogP contribution in [0.25, 0.3) is 10.9 Å². The molecule has 1 N–H and O–H groups in total. The summed E-state index contributed by atoms with van der Waals surface area (Å²) in [6.07, 6.45) is 0.725. The van der Waals surface area contributed by atoms with Crippen molar-refractivity contribution in [2.45, 2.75) is 33.7 Å². The first-order valence-electron chi connectivity index (χ1n) is 9.11. The quantitative estimate of drug-likeness (QED) is 0.560. The molecule has 8 heteroatoms. The molecule has 144 valence electrons.